The summed E-state index contributed by atoms with van der Waals surface area (Å²) in [6.45, 7) is 1.18. The second kappa shape index (κ2) is 9.49. The number of carbonyl (C=O) groups is 1. The van der Waals surface area contributed by atoms with Crippen LogP contribution in [0.5, 0.6) is 17.2 Å². The quantitative estimate of drug-likeness (QED) is 0.555. The highest BCUT2D eigenvalue weighted by Crippen LogP contribution is 2.41. The molecule has 4 rings (SSSR count). The molecule has 8 nitrogen and oxygen atoms in total. The summed E-state index contributed by atoms with van der Waals surface area (Å²) < 4.78 is 18.9. The van der Waals surface area contributed by atoms with Crippen LogP contribution < -0.4 is 19.5 Å². The van der Waals surface area contributed by atoms with Crippen LogP contribution in [0.2, 0.25) is 5.02 Å². The van der Waals surface area contributed by atoms with Crippen LogP contribution >= 0.6 is 23.4 Å². The molecule has 10 heteroatoms. The molecule has 0 bridgehead atoms. The van der Waals surface area contributed by atoms with Gasteiger partial charge in [0.25, 0.3) is 0 Å². The third-order valence-corrected chi connectivity index (χ3v) is 5.88. The molecule has 0 radical (unpaired) electrons. The van der Waals surface area contributed by atoms with Crippen LogP contribution in [0.3, 0.4) is 0 Å². The zero-order valence-corrected chi connectivity index (χ0v) is 18.6. The Morgan fingerprint density at radius 3 is 2.61 bits per heavy atom. The van der Waals surface area contributed by atoms with Crippen molar-refractivity contribution < 1.29 is 19.0 Å². The standard InChI is InChI=1S/C21H21ClN4O4S/c1-26-20(15-10-17-18(11-16(15)28-2)30-9-3-8-29-17)24-25-21(26)31-12-19(27)23-14-6-4-13(22)5-7-14/h4-7,10-11H,3,8-9,12H2,1-2H3,(H,23,27). The summed E-state index contributed by atoms with van der Waals surface area (Å²) >= 11 is 7.16. The number of aromatic nitrogens is 3. The van der Waals surface area contributed by atoms with Crippen molar-refractivity contribution in [3.63, 3.8) is 0 Å². The largest absolute Gasteiger partial charge is 0.496 e. The Kier molecular flexibility index (Phi) is 6.53. The van der Waals surface area contributed by atoms with Crippen molar-refractivity contribution >= 4 is 35.0 Å². The topological polar surface area (TPSA) is 87.5 Å². The SMILES string of the molecule is COc1cc2c(cc1-c1nnc(SCC(=O)Nc3ccc(Cl)cc3)n1C)OCCCO2. The molecule has 31 heavy (non-hydrogen) atoms. The number of hydrogen-bond acceptors (Lipinski definition) is 7. The number of nitrogens with one attached hydrogen (secondary N) is 1. The normalized spacial score (nSPS) is 12.9. The highest BCUT2D eigenvalue weighted by Gasteiger charge is 2.21. The van der Waals surface area contributed by atoms with Crippen LogP contribution in [0, 0.1) is 0 Å². The van der Waals surface area contributed by atoms with Crippen molar-refractivity contribution in [1.82, 2.24) is 14.8 Å². The van der Waals surface area contributed by atoms with Gasteiger partial charge in [0.1, 0.15) is 5.75 Å². The smallest absolute Gasteiger partial charge is 0.234 e. The van der Waals surface area contributed by atoms with Gasteiger partial charge in [-0.15, -0.1) is 10.2 Å². The molecular formula is C21H21ClN4O4S. The average molecular weight is 461 g/mol. The van der Waals surface area contributed by atoms with Gasteiger partial charge in [0, 0.05) is 30.2 Å². The van der Waals surface area contributed by atoms with Gasteiger partial charge < -0.3 is 24.1 Å². The number of fused-ring (bicyclic) bond motifs is 1. The Morgan fingerprint density at radius 1 is 1.19 bits per heavy atom. The first-order valence-corrected chi connectivity index (χ1v) is 11.0. The summed E-state index contributed by atoms with van der Waals surface area (Å²) in [6.07, 6.45) is 0.815. The molecule has 0 spiro atoms. The van der Waals surface area contributed by atoms with Crippen LogP contribution in [0.15, 0.2) is 41.6 Å². The fourth-order valence-electron chi connectivity index (χ4n) is 3.07. The van der Waals surface area contributed by atoms with Gasteiger partial charge in [-0.05, 0) is 30.3 Å². The van der Waals surface area contributed by atoms with Crippen LogP contribution in [-0.2, 0) is 11.8 Å². The van der Waals surface area contributed by atoms with Crippen LogP contribution in [0.4, 0.5) is 5.69 Å². The molecule has 1 amide bonds. The maximum absolute atomic E-state index is 12.3. The summed E-state index contributed by atoms with van der Waals surface area (Å²) in [4.78, 5) is 12.3. The molecule has 0 fully saturated rings. The van der Waals surface area contributed by atoms with Gasteiger partial charge in [-0.2, -0.15) is 0 Å². The van der Waals surface area contributed by atoms with E-state index >= 15 is 0 Å². The number of halogens is 1. The van der Waals surface area contributed by atoms with Gasteiger partial charge in [0.2, 0.25) is 5.91 Å². The van der Waals surface area contributed by atoms with Crippen molar-refractivity contribution in [3.8, 4) is 28.6 Å². The minimum atomic E-state index is -0.148. The third-order valence-electron chi connectivity index (χ3n) is 4.61. The lowest BCUT2D eigenvalue weighted by atomic mass is 10.1. The van der Waals surface area contributed by atoms with Gasteiger partial charge in [0.05, 0.1) is 31.6 Å². The maximum atomic E-state index is 12.3. The van der Waals surface area contributed by atoms with Crippen molar-refractivity contribution in [2.24, 2.45) is 7.05 Å². The number of benzene rings is 2. The van der Waals surface area contributed by atoms with E-state index in [1.165, 1.54) is 11.8 Å². The first-order chi connectivity index (χ1) is 15.0. The Hall–Kier alpha value is -2.91. The highest BCUT2D eigenvalue weighted by molar-refractivity contribution is 7.99. The van der Waals surface area contributed by atoms with E-state index in [1.54, 1.807) is 37.4 Å². The summed E-state index contributed by atoms with van der Waals surface area (Å²) in [6, 6.07) is 10.6. The van der Waals surface area contributed by atoms with Crippen molar-refractivity contribution in [2.75, 3.05) is 31.4 Å². The lowest BCUT2D eigenvalue weighted by Gasteiger charge is -2.13. The predicted octanol–water partition coefficient (Wildman–Crippen LogP) is 4.04. The van der Waals surface area contributed by atoms with E-state index in [0.29, 0.717) is 52.2 Å². The second-order valence-electron chi connectivity index (χ2n) is 6.76. The first kappa shape index (κ1) is 21.3. The lowest BCUT2D eigenvalue weighted by molar-refractivity contribution is -0.113. The molecule has 1 aliphatic heterocycles. The lowest BCUT2D eigenvalue weighted by Crippen LogP contribution is -2.14. The summed E-state index contributed by atoms with van der Waals surface area (Å²) in [5, 5.41) is 12.6. The van der Waals surface area contributed by atoms with Gasteiger partial charge in [-0.3, -0.25) is 4.79 Å². The van der Waals surface area contributed by atoms with E-state index in [1.807, 2.05) is 17.7 Å². The molecule has 162 valence electrons. The summed E-state index contributed by atoms with van der Waals surface area (Å²) in [5.41, 5.74) is 1.42. The Bertz CT molecular complexity index is 1090. The molecule has 2 aromatic carbocycles. The third kappa shape index (κ3) is 4.88. The monoisotopic (exact) mass is 460 g/mol. The Labute approximate surface area is 188 Å². The number of rotatable bonds is 6. The molecule has 1 aromatic heterocycles. The fraction of sp³-hybridized carbons (Fsp3) is 0.286. The summed E-state index contributed by atoms with van der Waals surface area (Å²) in [7, 11) is 3.44. The van der Waals surface area contributed by atoms with E-state index in [0.717, 1.165) is 12.0 Å². The zero-order chi connectivity index (χ0) is 21.8. The van der Waals surface area contributed by atoms with Gasteiger partial charge >= 0.3 is 0 Å². The molecule has 0 unspecified atom stereocenters. The number of amides is 1. The minimum Gasteiger partial charge on any atom is -0.496 e. The van der Waals surface area contributed by atoms with Crippen LogP contribution in [-0.4, -0.2) is 46.7 Å². The van der Waals surface area contributed by atoms with E-state index in [9.17, 15) is 4.79 Å². The molecule has 0 saturated heterocycles. The fourth-order valence-corrected chi connectivity index (χ4v) is 3.91. The summed E-state index contributed by atoms with van der Waals surface area (Å²) in [5.74, 6) is 2.55. The number of methoxy groups -OCH3 is 1. The van der Waals surface area contributed by atoms with Crippen LogP contribution in [0.1, 0.15) is 6.42 Å². The van der Waals surface area contributed by atoms with Crippen molar-refractivity contribution in [1.29, 1.82) is 0 Å². The molecular weight excluding hydrogens is 440 g/mol. The van der Waals surface area contributed by atoms with E-state index in [-0.39, 0.29) is 11.7 Å². The molecule has 1 aliphatic rings. The predicted molar refractivity (Wildman–Crippen MR) is 119 cm³/mol. The van der Waals surface area contributed by atoms with E-state index in [2.05, 4.69) is 15.5 Å². The molecule has 0 saturated carbocycles. The highest BCUT2D eigenvalue weighted by atomic mass is 35.5. The van der Waals surface area contributed by atoms with Gasteiger partial charge in [-0.1, -0.05) is 23.4 Å². The second-order valence-corrected chi connectivity index (χ2v) is 8.14. The van der Waals surface area contributed by atoms with Crippen molar-refractivity contribution in [3.05, 3.63) is 41.4 Å². The molecule has 2 heterocycles. The van der Waals surface area contributed by atoms with E-state index < -0.39 is 0 Å². The number of thioether (sulfide) groups is 1. The number of carbonyl (C=O) groups excluding carboxylic acids is 1. The number of hydrogen-bond donors (Lipinski definition) is 1. The molecule has 3 aromatic rings. The van der Waals surface area contributed by atoms with E-state index in [4.69, 9.17) is 25.8 Å². The Balaban J connectivity index is 1.49. The number of ether oxygens (including phenoxy) is 3. The minimum absolute atomic E-state index is 0.148. The van der Waals surface area contributed by atoms with Gasteiger partial charge in [-0.25, -0.2) is 0 Å². The molecule has 0 aliphatic carbocycles. The van der Waals surface area contributed by atoms with Gasteiger partial charge in [0.15, 0.2) is 22.5 Å². The maximum Gasteiger partial charge on any atom is 0.234 e. The first-order valence-electron chi connectivity index (χ1n) is 9.61. The molecule has 0 atom stereocenters. The molecule has 1 N–H and O–H groups in total. The van der Waals surface area contributed by atoms with Crippen molar-refractivity contribution in [2.45, 2.75) is 11.6 Å². The van der Waals surface area contributed by atoms with Crippen LogP contribution in [0.25, 0.3) is 11.4 Å². The zero-order valence-electron chi connectivity index (χ0n) is 17.1. The number of nitrogens with zero attached hydrogens (tertiary/aromatic N) is 3. The number of anilines is 1. The Morgan fingerprint density at radius 2 is 1.90 bits per heavy atom. The average Bonchev–Trinajstić information content (AvgIpc) is 2.98.